The summed E-state index contributed by atoms with van der Waals surface area (Å²) in [5, 5.41) is 0.671. The summed E-state index contributed by atoms with van der Waals surface area (Å²) >= 11 is 6.05. The fourth-order valence-electron chi connectivity index (χ4n) is 2.16. The molecule has 1 heterocycles. The van der Waals surface area contributed by atoms with Crippen LogP contribution in [0.15, 0.2) is 6.07 Å². The van der Waals surface area contributed by atoms with Gasteiger partial charge in [-0.15, -0.1) is 0 Å². The maximum absolute atomic E-state index is 6.05. The van der Waals surface area contributed by atoms with Crippen molar-refractivity contribution >= 4 is 11.6 Å². The highest BCUT2D eigenvalue weighted by Crippen LogP contribution is 2.35. The summed E-state index contributed by atoms with van der Waals surface area (Å²) in [7, 11) is 0. The van der Waals surface area contributed by atoms with E-state index in [9.17, 15) is 0 Å². The van der Waals surface area contributed by atoms with Crippen LogP contribution in [0.5, 0.6) is 0 Å². The Balaban J connectivity index is 2.50. The number of fused-ring (bicyclic) bond motifs is 1. The van der Waals surface area contributed by atoms with E-state index in [0.29, 0.717) is 11.1 Å². The summed E-state index contributed by atoms with van der Waals surface area (Å²) in [5.41, 5.74) is 3.73. The lowest BCUT2D eigenvalue weighted by molar-refractivity contribution is 0.416. The smallest absolute Gasteiger partial charge is 0.132 e. The van der Waals surface area contributed by atoms with Gasteiger partial charge >= 0.3 is 0 Å². The maximum atomic E-state index is 6.05. The average molecular weight is 210 g/mol. The molecule has 0 saturated carbocycles. The Morgan fingerprint density at radius 2 is 2.14 bits per heavy atom. The van der Waals surface area contributed by atoms with Gasteiger partial charge in [-0.2, -0.15) is 0 Å². The van der Waals surface area contributed by atoms with Crippen molar-refractivity contribution in [2.75, 3.05) is 0 Å². The van der Waals surface area contributed by atoms with E-state index in [2.05, 4.69) is 24.9 Å². The monoisotopic (exact) mass is 209 g/mol. The Bertz CT molecular complexity index is 360. The molecular formula is C12H16ClN. The summed E-state index contributed by atoms with van der Waals surface area (Å²) in [6, 6.07) is 2.20. The van der Waals surface area contributed by atoms with Crippen molar-refractivity contribution < 1.29 is 0 Å². The SMILES string of the molecule is Cc1cc2c(nc1Cl)C(C)C(C)CC2. The molecule has 14 heavy (non-hydrogen) atoms. The number of aromatic nitrogens is 1. The lowest BCUT2D eigenvalue weighted by atomic mass is 9.80. The van der Waals surface area contributed by atoms with Crippen molar-refractivity contribution in [2.24, 2.45) is 5.92 Å². The minimum atomic E-state index is 0.553. The van der Waals surface area contributed by atoms with E-state index >= 15 is 0 Å². The molecule has 0 amide bonds. The normalized spacial score (nSPS) is 26.0. The van der Waals surface area contributed by atoms with Crippen LogP contribution in [0.4, 0.5) is 0 Å². The summed E-state index contributed by atoms with van der Waals surface area (Å²) in [4.78, 5) is 4.51. The summed E-state index contributed by atoms with van der Waals surface area (Å²) in [6.07, 6.45) is 2.43. The van der Waals surface area contributed by atoms with Crippen LogP contribution < -0.4 is 0 Å². The van der Waals surface area contributed by atoms with E-state index in [1.54, 1.807) is 0 Å². The number of hydrogen-bond acceptors (Lipinski definition) is 1. The van der Waals surface area contributed by atoms with Gasteiger partial charge in [0.15, 0.2) is 0 Å². The van der Waals surface area contributed by atoms with E-state index in [-0.39, 0.29) is 0 Å². The zero-order valence-corrected chi connectivity index (χ0v) is 9.73. The Hall–Kier alpha value is -0.560. The van der Waals surface area contributed by atoms with Crippen molar-refractivity contribution in [1.29, 1.82) is 0 Å². The predicted molar refractivity (Wildman–Crippen MR) is 59.9 cm³/mol. The van der Waals surface area contributed by atoms with Crippen LogP contribution in [-0.2, 0) is 6.42 Å². The molecule has 2 heteroatoms. The molecule has 0 bridgehead atoms. The number of pyridine rings is 1. The molecular weight excluding hydrogens is 194 g/mol. The number of hydrogen-bond donors (Lipinski definition) is 0. The molecule has 1 aromatic rings. The number of aryl methyl sites for hydroxylation is 2. The fourth-order valence-corrected chi connectivity index (χ4v) is 2.30. The molecule has 1 aliphatic carbocycles. The van der Waals surface area contributed by atoms with Gasteiger partial charge in [0, 0.05) is 11.6 Å². The van der Waals surface area contributed by atoms with Crippen molar-refractivity contribution in [2.45, 2.75) is 39.5 Å². The summed E-state index contributed by atoms with van der Waals surface area (Å²) in [6.45, 7) is 6.57. The van der Waals surface area contributed by atoms with Gasteiger partial charge < -0.3 is 0 Å². The van der Waals surface area contributed by atoms with Crippen LogP contribution in [0.1, 0.15) is 43.0 Å². The van der Waals surface area contributed by atoms with Crippen LogP contribution in [-0.4, -0.2) is 4.98 Å². The van der Waals surface area contributed by atoms with Crippen molar-refractivity contribution in [3.05, 3.63) is 28.0 Å². The molecule has 0 saturated heterocycles. The molecule has 2 unspecified atom stereocenters. The molecule has 2 rings (SSSR count). The summed E-state index contributed by atoms with van der Waals surface area (Å²) < 4.78 is 0. The Morgan fingerprint density at radius 1 is 1.43 bits per heavy atom. The standard InChI is InChI=1S/C12H16ClN/c1-7-4-5-10-6-8(2)12(13)14-11(10)9(7)3/h6-7,9H,4-5H2,1-3H3. The first-order chi connectivity index (χ1) is 6.59. The topological polar surface area (TPSA) is 12.9 Å². The zero-order chi connectivity index (χ0) is 10.3. The average Bonchev–Trinajstić information content (AvgIpc) is 2.15. The zero-order valence-electron chi connectivity index (χ0n) is 8.97. The molecule has 0 aromatic carbocycles. The molecule has 2 atom stereocenters. The van der Waals surface area contributed by atoms with Crippen LogP contribution >= 0.6 is 11.6 Å². The first-order valence-corrected chi connectivity index (χ1v) is 5.63. The highest BCUT2D eigenvalue weighted by Gasteiger charge is 2.24. The van der Waals surface area contributed by atoms with E-state index in [4.69, 9.17) is 11.6 Å². The maximum Gasteiger partial charge on any atom is 0.132 e. The van der Waals surface area contributed by atoms with Gasteiger partial charge in [-0.3, -0.25) is 0 Å². The van der Waals surface area contributed by atoms with Gasteiger partial charge in [0.2, 0.25) is 0 Å². The number of nitrogens with zero attached hydrogens (tertiary/aromatic N) is 1. The van der Waals surface area contributed by atoms with Crippen LogP contribution in [0.3, 0.4) is 0 Å². The molecule has 76 valence electrons. The van der Waals surface area contributed by atoms with Crippen molar-refractivity contribution in [3.63, 3.8) is 0 Å². The number of halogens is 1. The second kappa shape index (κ2) is 3.54. The van der Waals surface area contributed by atoms with Crippen molar-refractivity contribution in [3.8, 4) is 0 Å². The molecule has 0 N–H and O–H groups in total. The third-order valence-corrected chi connectivity index (χ3v) is 3.80. The van der Waals surface area contributed by atoms with Crippen molar-refractivity contribution in [1.82, 2.24) is 4.98 Å². The van der Waals surface area contributed by atoms with Gasteiger partial charge in [0.1, 0.15) is 5.15 Å². The van der Waals surface area contributed by atoms with Gasteiger partial charge in [-0.25, -0.2) is 4.98 Å². The second-order valence-corrected chi connectivity index (χ2v) is 4.80. The van der Waals surface area contributed by atoms with Crippen LogP contribution in [0.2, 0.25) is 5.15 Å². The lowest BCUT2D eigenvalue weighted by Gasteiger charge is -2.27. The number of rotatable bonds is 0. The Morgan fingerprint density at radius 3 is 2.86 bits per heavy atom. The highest BCUT2D eigenvalue weighted by molar-refractivity contribution is 6.30. The third kappa shape index (κ3) is 1.54. The molecule has 1 nitrogen and oxygen atoms in total. The van der Waals surface area contributed by atoms with Gasteiger partial charge in [0.25, 0.3) is 0 Å². The van der Waals surface area contributed by atoms with Crippen LogP contribution in [0.25, 0.3) is 0 Å². The van der Waals surface area contributed by atoms with E-state index in [1.807, 2.05) is 6.92 Å². The predicted octanol–water partition coefficient (Wildman–Crippen LogP) is 3.73. The molecule has 0 radical (unpaired) electrons. The quantitative estimate of drug-likeness (QED) is 0.594. The minimum absolute atomic E-state index is 0.553. The molecule has 0 aliphatic heterocycles. The minimum Gasteiger partial charge on any atom is -0.240 e. The first kappa shape index (κ1) is 9.97. The van der Waals surface area contributed by atoms with Gasteiger partial charge in [-0.1, -0.05) is 31.5 Å². The first-order valence-electron chi connectivity index (χ1n) is 5.25. The van der Waals surface area contributed by atoms with Gasteiger partial charge in [0.05, 0.1) is 0 Å². The lowest BCUT2D eigenvalue weighted by Crippen LogP contribution is -2.18. The Labute approximate surface area is 90.5 Å². The van der Waals surface area contributed by atoms with E-state index in [0.717, 1.165) is 17.9 Å². The highest BCUT2D eigenvalue weighted by atomic mass is 35.5. The second-order valence-electron chi connectivity index (χ2n) is 4.45. The Kier molecular flexibility index (Phi) is 2.52. The third-order valence-electron chi connectivity index (χ3n) is 3.42. The molecule has 1 aromatic heterocycles. The van der Waals surface area contributed by atoms with E-state index < -0.39 is 0 Å². The largest absolute Gasteiger partial charge is 0.240 e. The molecule has 0 fully saturated rings. The molecule has 0 spiro atoms. The van der Waals surface area contributed by atoms with Crippen LogP contribution in [0, 0.1) is 12.8 Å². The summed E-state index contributed by atoms with van der Waals surface area (Å²) in [5.74, 6) is 1.28. The van der Waals surface area contributed by atoms with Gasteiger partial charge in [-0.05, 0) is 36.8 Å². The fraction of sp³-hybridized carbons (Fsp3) is 0.583. The van der Waals surface area contributed by atoms with E-state index in [1.165, 1.54) is 17.7 Å². The molecule has 1 aliphatic rings.